The van der Waals surface area contributed by atoms with E-state index in [1.54, 1.807) is 0 Å². The third kappa shape index (κ3) is 12.1. The number of nitrogens with zero attached hydrogens (tertiary/aromatic N) is 1. The van der Waals surface area contributed by atoms with Crippen molar-refractivity contribution in [1.82, 2.24) is 4.90 Å². The van der Waals surface area contributed by atoms with Crippen LogP contribution < -0.4 is 0 Å². The quantitative estimate of drug-likeness (QED) is 0.313. The van der Waals surface area contributed by atoms with Crippen LogP contribution in [0.2, 0.25) is 0 Å². The fourth-order valence-corrected chi connectivity index (χ4v) is 0.851. The molecule has 0 aliphatic heterocycles. The van der Waals surface area contributed by atoms with E-state index in [-0.39, 0.29) is 0 Å². The Morgan fingerprint density at radius 2 is 1.36 bits per heavy atom. The van der Waals surface area contributed by atoms with Crippen LogP contribution >= 0.6 is 11.6 Å². The van der Waals surface area contributed by atoms with Crippen LogP contribution in [0.1, 0.15) is 0 Å². The molecule has 0 aromatic rings. The van der Waals surface area contributed by atoms with Crippen LogP contribution in [0, 0.1) is 0 Å². The van der Waals surface area contributed by atoms with Crippen LogP contribution in [0.25, 0.3) is 0 Å². The molecule has 0 spiro atoms. The summed E-state index contributed by atoms with van der Waals surface area (Å²) < 4.78 is 15.6. The standard InChI is InChI=1S/C9H20ClNO3/c1-11(2)9-14-8-7-13-6-5-12-4-3-10/h3-9H2,1-2H3. The number of ether oxygens (including phenoxy) is 3. The maximum atomic E-state index is 5.42. The molecule has 0 N–H and O–H groups in total. The Morgan fingerprint density at radius 3 is 1.86 bits per heavy atom. The zero-order valence-electron chi connectivity index (χ0n) is 9.00. The van der Waals surface area contributed by atoms with Crippen molar-refractivity contribution >= 4 is 11.6 Å². The van der Waals surface area contributed by atoms with Gasteiger partial charge in [-0.1, -0.05) is 0 Å². The summed E-state index contributed by atoms with van der Waals surface area (Å²) in [6.45, 7) is 3.64. The Morgan fingerprint density at radius 1 is 0.857 bits per heavy atom. The van der Waals surface area contributed by atoms with Crippen molar-refractivity contribution in [3.05, 3.63) is 0 Å². The molecular weight excluding hydrogens is 206 g/mol. The topological polar surface area (TPSA) is 30.9 Å². The van der Waals surface area contributed by atoms with Crippen LogP contribution in [-0.4, -0.2) is 64.6 Å². The summed E-state index contributed by atoms with van der Waals surface area (Å²) in [5.74, 6) is 0.534. The monoisotopic (exact) mass is 225 g/mol. The molecule has 0 amide bonds. The number of alkyl halides is 1. The minimum absolute atomic E-state index is 0.534. The van der Waals surface area contributed by atoms with E-state index in [0.717, 1.165) is 0 Å². The molecule has 0 fully saturated rings. The number of rotatable bonds is 10. The number of hydrogen-bond acceptors (Lipinski definition) is 4. The van der Waals surface area contributed by atoms with Crippen LogP contribution in [-0.2, 0) is 14.2 Å². The molecule has 0 saturated carbocycles. The van der Waals surface area contributed by atoms with Gasteiger partial charge in [0, 0.05) is 5.88 Å². The number of hydrogen-bond donors (Lipinski definition) is 0. The molecule has 86 valence electrons. The lowest BCUT2D eigenvalue weighted by atomic mass is 10.7. The maximum absolute atomic E-state index is 5.42. The first kappa shape index (κ1) is 14.1. The van der Waals surface area contributed by atoms with Crippen molar-refractivity contribution in [1.29, 1.82) is 0 Å². The Labute approximate surface area is 91.1 Å². The van der Waals surface area contributed by atoms with Crippen LogP contribution in [0.5, 0.6) is 0 Å². The second-order valence-corrected chi connectivity index (χ2v) is 3.41. The van der Waals surface area contributed by atoms with E-state index >= 15 is 0 Å². The van der Waals surface area contributed by atoms with Gasteiger partial charge in [0.2, 0.25) is 0 Å². The van der Waals surface area contributed by atoms with Gasteiger partial charge in [-0.2, -0.15) is 0 Å². The van der Waals surface area contributed by atoms with E-state index in [4.69, 9.17) is 25.8 Å². The van der Waals surface area contributed by atoms with E-state index in [9.17, 15) is 0 Å². The molecule has 0 rings (SSSR count). The largest absolute Gasteiger partial charge is 0.378 e. The van der Waals surface area contributed by atoms with E-state index in [1.165, 1.54) is 0 Å². The van der Waals surface area contributed by atoms with Gasteiger partial charge >= 0.3 is 0 Å². The smallest absolute Gasteiger partial charge is 0.0986 e. The van der Waals surface area contributed by atoms with Gasteiger partial charge in [-0.3, -0.25) is 4.90 Å². The Bertz CT molecular complexity index is 114. The minimum atomic E-state index is 0.534. The van der Waals surface area contributed by atoms with Crippen molar-refractivity contribution in [2.45, 2.75) is 0 Å². The third-order valence-electron chi connectivity index (χ3n) is 1.31. The molecule has 0 aromatic heterocycles. The van der Waals surface area contributed by atoms with E-state index in [0.29, 0.717) is 45.6 Å². The summed E-state index contributed by atoms with van der Waals surface area (Å²) in [5.41, 5.74) is 0. The Kier molecular flexibility index (Phi) is 11.3. The Balaban J connectivity index is 2.85. The predicted octanol–water partition coefficient (Wildman–Crippen LogP) is 0.794. The molecule has 0 bridgehead atoms. The van der Waals surface area contributed by atoms with Crippen molar-refractivity contribution < 1.29 is 14.2 Å². The molecule has 0 aliphatic carbocycles. The Hall–Kier alpha value is 0.130. The first-order chi connectivity index (χ1) is 6.77. The second kappa shape index (κ2) is 11.2. The summed E-state index contributed by atoms with van der Waals surface area (Å²) >= 11 is 5.42. The highest BCUT2D eigenvalue weighted by atomic mass is 35.5. The highest BCUT2D eigenvalue weighted by molar-refractivity contribution is 6.17. The molecule has 5 heteroatoms. The van der Waals surface area contributed by atoms with Crippen LogP contribution in [0.3, 0.4) is 0 Å². The molecular formula is C9H20ClNO3. The molecule has 0 aliphatic rings. The summed E-state index contributed by atoms with van der Waals surface area (Å²) in [5, 5.41) is 0. The van der Waals surface area contributed by atoms with Crippen LogP contribution in [0.15, 0.2) is 0 Å². The normalized spacial score (nSPS) is 11.1. The second-order valence-electron chi connectivity index (χ2n) is 3.03. The molecule has 14 heavy (non-hydrogen) atoms. The average molecular weight is 226 g/mol. The van der Waals surface area contributed by atoms with Gasteiger partial charge in [0.15, 0.2) is 0 Å². The van der Waals surface area contributed by atoms with Crippen molar-refractivity contribution in [3.63, 3.8) is 0 Å². The van der Waals surface area contributed by atoms with Gasteiger partial charge in [-0.15, -0.1) is 11.6 Å². The van der Waals surface area contributed by atoms with E-state index in [1.807, 2.05) is 19.0 Å². The molecule has 0 saturated heterocycles. The number of halogens is 1. The van der Waals surface area contributed by atoms with Gasteiger partial charge in [-0.05, 0) is 14.1 Å². The van der Waals surface area contributed by atoms with E-state index < -0.39 is 0 Å². The van der Waals surface area contributed by atoms with Gasteiger partial charge in [0.1, 0.15) is 0 Å². The van der Waals surface area contributed by atoms with Crippen molar-refractivity contribution in [2.24, 2.45) is 0 Å². The fourth-order valence-electron chi connectivity index (χ4n) is 0.742. The third-order valence-corrected chi connectivity index (χ3v) is 1.47. The van der Waals surface area contributed by atoms with E-state index in [2.05, 4.69) is 0 Å². The van der Waals surface area contributed by atoms with Gasteiger partial charge in [0.25, 0.3) is 0 Å². The summed E-state index contributed by atoms with van der Waals surface area (Å²) in [6, 6.07) is 0. The molecule has 0 radical (unpaired) electrons. The predicted molar refractivity (Wildman–Crippen MR) is 56.9 cm³/mol. The van der Waals surface area contributed by atoms with Crippen LogP contribution in [0.4, 0.5) is 0 Å². The summed E-state index contributed by atoms with van der Waals surface area (Å²) in [4.78, 5) is 1.96. The summed E-state index contributed by atoms with van der Waals surface area (Å²) in [6.07, 6.45) is 0. The first-order valence-corrected chi connectivity index (χ1v) is 5.24. The van der Waals surface area contributed by atoms with Crippen molar-refractivity contribution in [2.75, 3.05) is 59.7 Å². The SMILES string of the molecule is CN(C)COCCOCCOCCCl. The lowest BCUT2D eigenvalue weighted by Crippen LogP contribution is -2.18. The highest BCUT2D eigenvalue weighted by Crippen LogP contribution is 1.83. The average Bonchev–Trinajstić information content (AvgIpc) is 2.15. The maximum Gasteiger partial charge on any atom is 0.0986 e. The molecule has 0 heterocycles. The lowest BCUT2D eigenvalue weighted by Gasteiger charge is -2.10. The lowest BCUT2D eigenvalue weighted by molar-refractivity contribution is -0.00527. The molecule has 4 nitrogen and oxygen atoms in total. The minimum Gasteiger partial charge on any atom is -0.378 e. The first-order valence-electron chi connectivity index (χ1n) is 4.71. The zero-order valence-corrected chi connectivity index (χ0v) is 9.76. The summed E-state index contributed by atoms with van der Waals surface area (Å²) in [7, 11) is 3.92. The van der Waals surface area contributed by atoms with Gasteiger partial charge in [-0.25, -0.2) is 0 Å². The molecule has 0 aromatic carbocycles. The van der Waals surface area contributed by atoms with Crippen molar-refractivity contribution in [3.8, 4) is 0 Å². The highest BCUT2D eigenvalue weighted by Gasteiger charge is 1.91. The van der Waals surface area contributed by atoms with Gasteiger partial charge < -0.3 is 14.2 Å². The fraction of sp³-hybridized carbons (Fsp3) is 1.00. The molecule has 0 atom stereocenters. The zero-order chi connectivity index (χ0) is 10.6. The molecule has 0 unspecified atom stereocenters. The van der Waals surface area contributed by atoms with Gasteiger partial charge in [0.05, 0.1) is 39.8 Å².